The number of para-hydroxylation sites is 1. The van der Waals surface area contributed by atoms with Crippen LogP contribution in [0.5, 0.6) is 0 Å². The van der Waals surface area contributed by atoms with E-state index in [1.165, 1.54) is 12.1 Å². The summed E-state index contributed by atoms with van der Waals surface area (Å²) in [5.74, 6) is -0.335. The van der Waals surface area contributed by atoms with Gasteiger partial charge in [0.1, 0.15) is 12.4 Å². The van der Waals surface area contributed by atoms with E-state index in [-0.39, 0.29) is 17.0 Å². The minimum Gasteiger partial charge on any atom is -0.355 e. The van der Waals surface area contributed by atoms with Gasteiger partial charge in [0.2, 0.25) is 0 Å². The van der Waals surface area contributed by atoms with Crippen LogP contribution in [-0.2, 0) is 9.47 Å². The highest BCUT2D eigenvalue weighted by Crippen LogP contribution is 2.20. The van der Waals surface area contributed by atoms with Gasteiger partial charge in [-0.2, -0.15) is 0 Å². The first-order valence-corrected chi connectivity index (χ1v) is 7.19. The number of rotatable bonds is 3. The van der Waals surface area contributed by atoms with Gasteiger partial charge in [-0.15, -0.1) is 0 Å². The van der Waals surface area contributed by atoms with Crippen LogP contribution in [0.4, 0.5) is 5.69 Å². The van der Waals surface area contributed by atoms with Gasteiger partial charge in [0.05, 0.1) is 18.1 Å². The minimum atomic E-state index is -0.545. The fourth-order valence-corrected chi connectivity index (χ4v) is 2.01. The van der Waals surface area contributed by atoms with Crippen molar-refractivity contribution >= 4 is 11.5 Å². The molecule has 0 aliphatic carbocycles. The predicted octanol–water partition coefficient (Wildman–Crippen LogP) is 3.21. The number of carbonyl (C=O) groups is 1. The average molecular weight is 315 g/mol. The van der Waals surface area contributed by atoms with Crippen molar-refractivity contribution in [1.29, 1.82) is 0 Å². The van der Waals surface area contributed by atoms with Gasteiger partial charge in [0.25, 0.3) is 5.69 Å². The van der Waals surface area contributed by atoms with Crippen LogP contribution < -0.4 is 0 Å². The van der Waals surface area contributed by atoms with Crippen molar-refractivity contribution in [2.45, 2.75) is 6.42 Å². The van der Waals surface area contributed by atoms with Crippen LogP contribution in [0.15, 0.2) is 54.6 Å². The van der Waals surface area contributed by atoms with Gasteiger partial charge in [0, 0.05) is 11.6 Å². The highest BCUT2D eigenvalue weighted by Gasteiger charge is 2.19. The molecule has 6 heteroatoms. The Balaban J connectivity index is 0.000000268. The topological polar surface area (TPSA) is 78.7 Å². The molecule has 1 aliphatic rings. The Morgan fingerprint density at radius 2 is 1.57 bits per heavy atom. The summed E-state index contributed by atoms with van der Waals surface area (Å²) in [5, 5.41) is 10.8. The smallest absolute Gasteiger partial charge is 0.280 e. The van der Waals surface area contributed by atoms with Crippen molar-refractivity contribution in [2.75, 3.05) is 20.0 Å². The molecular formula is C17H17NO5. The van der Waals surface area contributed by atoms with Crippen molar-refractivity contribution in [2.24, 2.45) is 0 Å². The van der Waals surface area contributed by atoms with Crippen molar-refractivity contribution < 1.29 is 19.2 Å². The molecule has 1 heterocycles. The minimum absolute atomic E-state index is 0.115. The lowest BCUT2D eigenvalue weighted by molar-refractivity contribution is -0.385. The van der Waals surface area contributed by atoms with Gasteiger partial charge >= 0.3 is 0 Å². The maximum atomic E-state index is 12.1. The third-order valence-corrected chi connectivity index (χ3v) is 3.13. The van der Waals surface area contributed by atoms with Crippen LogP contribution in [0.25, 0.3) is 0 Å². The molecule has 0 amide bonds. The summed E-state index contributed by atoms with van der Waals surface area (Å²) in [4.78, 5) is 22.3. The van der Waals surface area contributed by atoms with Crippen molar-refractivity contribution in [3.63, 3.8) is 0 Å². The van der Waals surface area contributed by atoms with Gasteiger partial charge in [-0.1, -0.05) is 42.5 Å². The zero-order chi connectivity index (χ0) is 16.5. The van der Waals surface area contributed by atoms with Crippen LogP contribution in [0.3, 0.4) is 0 Å². The molecule has 3 rings (SSSR count). The number of nitro groups is 1. The Labute approximate surface area is 133 Å². The highest BCUT2D eigenvalue weighted by molar-refractivity contribution is 6.11. The molecular weight excluding hydrogens is 298 g/mol. The summed E-state index contributed by atoms with van der Waals surface area (Å²) in [7, 11) is 0. The van der Waals surface area contributed by atoms with E-state index in [1.54, 1.807) is 42.5 Å². The van der Waals surface area contributed by atoms with Crippen LogP contribution in [0.1, 0.15) is 22.3 Å². The first-order valence-electron chi connectivity index (χ1n) is 7.19. The molecule has 0 atom stereocenters. The second-order valence-corrected chi connectivity index (χ2v) is 4.76. The molecule has 0 bridgehead atoms. The van der Waals surface area contributed by atoms with Crippen LogP contribution in [0, 0.1) is 10.1 Å². The summed E-state index contributed by atoms with van der Waals surface area (Å²) in [6, 6.07) is 14.5. The van der Waals surface area contributed by atoms with Crippen LogP contribution in [0.2, 0.25) is 0 Å². The Bertz CT molecular complexity index is 642. The number of hydrogen-bond acceptors (Lipinski definition) is 5. The maximum Gasteiger partial charge on any atom is 0.280 e. The Kier molecular flexibility index (Phi) is 6.40. The monoisotopic (exact) mass is 315 g/mol. The first-order chi connectivity index (χ1) is 11.2. The molecule has 23 heavy (non-hydrogen) atoms. The predicted molar refractivity (Wildman–Crippen MR) is 84.4 cm³/mol. The van der Waals surface area contributed by atoms with Crippen molar-refractivity contribution in [3.8, 4) is 0 Å². The van der Waals surface area contributed by atoms with Gasteiger partial charge in [-0.25, -0.2) is 0 Å². The molecule has 1 fully saturated rings. The number of nitro benzene ring substituents is 1. The third kappa shape index (κ3) is 4.98. The number of carbonyl (C=O) groups excluding carboxylic acids is 1. The number of ether oxygens (including phenoxy) is 2. The van der Waals surface area contributed by atoms with E-state index in [2.05, 4.69) is 0 Å². The third-order valence-electron chi connectivity index (χ3n) is 3.13. The van der Waals surface area contributed by atoms with E-state index in [9.17, 15) is 14.9 Å². The second-order valence-electron chi connectivity index (χ2n) is 4.76. The maximum absolute atomic E-state index is 12.1. The standard InChI is InChI=1S/C13H9NO3.C4H8O2/c15-13(10-6-2-1-3-7-10)11-8-4-5-9-12(11)14(16)17;1-2-5-4-6-3-1/h1-9H;1-4H2. The number of hydrogen-bond donors (Lipinski definition) is 0. The van der Waals surface area contributed by atoms with E-state index in [1.807, 2.05) is 0 Å². The lowest BCUT2D eigenvalue weighted by Crippen LogP contribution is -2.11. The summed E-state index contributed by atoms with van der Waals surface area (Å²) >= 11 is 0. The van der Waals surface area contributed by atoms with Crippen molar-refractivity contribution in [3.05, 3.63) is 75.8 Å². The summed E-state index contributed by atoms with van der Waals surface area (Å²) in [6.07, 6.45) is 1.06. The van der Waals surface area contributed by atoms with Gasteiger partial charge in [-0.3, -0.25) is 14.9 Å². The fourth-order valence-electron chi connectivity index (χ4n) is 2.01. The Morgan fingerprint density at radius 1 is 0.957 bits per heavy atom. The molecule has 1 aliphatic heterocycles. The summed E-state index contributed by atoms with van der Waals surface area (Å²) < 4.78 is 9.69. The van der Waals surface area contributed by atoms with E-state index < -0.39 is 4.92 Å². The molecule has 0 N–H and O–H groups in total. The largest absolute Gasteiger partial charge is 0.355 e. The summed E-state index contributed by atoms with van der Waals surface area (Å²) in [5.41, 5.74) is 0.395. The highest BCUT2D eigenvalue weighted by atomic mass is 16.7. The molecule has 0 aromatic heterocycles. The zero-order valence-electron chi connectivity index (χ0n) is 12.5. The molecule has 0 radical (unpaired) electrons. The van der Waals surface area contributed by atoms with E-state index in [0.717, 1.165) is 19.6 Å². The van der Waals surface area contributed by atoms with Crippen LogP contribution in [-0.4, -0.2) is 30.7 Å². The quantitative estimate of drug-likeness (QED) is 0.494. The van der Waals surface area contributed by atoms with Gasteiger partial charge in [0.15, 0.2) is 5.78 Å². The lowest BCUT2D eigenvalue weighted by atomic mass is 10.0. The van der Waals surface area contributed by atoms with Gasteiger partial charge < -0.3 is 9.47 Å². The van der Waals surface area contributed by atoms with E-state index in [4.69, 9.17) is 9.47 Å². The number of nitrogens with zero attached hydrogens (tertiary/aromatic N) is 1. The lowest BCUT2D eigenvalue weighted by Gasteiger charge is -2.09. The molecule has 0 unspecified atom stereocenters. The fraction of sp³-hybridized carbons (Fsp3) is 0.235. The Hall–Kier alpha value is -2.57. The summed E-state index contributed by atoms with van der Waals surface area (Å²) in [6.45, 7) is 2.25. The molecule has 120 valence electrons. The Morgan fingerprint density at radius 3 is 2.09 bits per heavy atom. The average Bonchev–Trinajstić information content (AvgIpc) is 2.64. The number of ketones is 1. The second kappa shape index (κ2) is 8.77. The molecule has 2 aromatic carbocycles. The molecule has 6 nitrogen and oxygen atoms in total. The number of benzene rings is 2. The van der Waals surface area contributed by atoms with E-state index in [0.29, 0.717) is 12.4 Å². The first kappa shape index (κ1) is 16.8. The molecule has 0 saturated carbocycles. The van der Waals surface area contributed by atoms with Crippen molar-refractivity contribution in [1.82, 2.24) is 0 Å². The molecule has 2 aromatic rings. The van der Waals surface area contributed by atoms with Crippen LogP contribution >= 0.6 is 0 Å². The van der Waals surface area contributed by atoms with Gasteiger partial charge in [-0.05, 0) is 12.5 Å². The van der Waals surface area contributed by atoms with E-state index >= 15 is 0 Å². The molecule has 0 spiro atoms. The molecule has 1 saturated heterocycles. The zero-order valence-corrected chi connectivity index (χ0v) is 12.5. The normalized spacial score (nSPS) is 13.6. The SMILES string of the molecule is C1COCOC1.O=C(c1ccccc1)c1ccccc1[N+](=O)[O-].